The summed E-state index contributed by atoms with van der Waals surface area (Å²) in [5.74, 6) is -0.258. The SMILES string of the molecule is COc1ccc(-n2nnc3c(C(=O)O)cccc32)c(C)c1. The molecule has 0 unspecified atom stereocenters. The van der Waals surface area contributed by atoms with Crippen LogP contribution in [0.1, 0.15) is 15.9 Å². The first-order valence-corrected chi connectivity index (χ1v) is 6.34. The topological polar surface area (TPSA) is 77.2 Å². The molecule has 106 valence electrons. The molecule has 6 heteroatoms. The Morgan fingerprint density at radius 3 is 2.76 bits per heavy atom. The molecule has 6 nitrogen and oxygen atoms in total. The summed E-state index contributed by atoms with van der Waals surface area (Å²) in [6.45, 7) is 1.94. The van der Waals surface area contributed by atoms with E-state index in [0.717, 1.165) is 17.0 Å². The number of ether oxygens (including phenoxy) is 1. The van der Waals surface area contributed by atoms with Gasteiger partial charge in [0.25, 0.3) is 0 Å². The zero-order valence-corrected chi connectivity index (χ0v) is 11.6. The zero-order chi connectivity index (χ0) is 15.0. The first-order valence-electron chi connectivity index (χ1n) is 6.34. The number of aryl methyl sites for hydroxylation is 1. The minimum atomic E-state index is -1.01. The molecule has 0 aliphatic rings. The summed E-state index contributed by atoms with van der Waals surface area (Å²) in [6, 6.07) is 10.6. The van der Waals surface area contributed by atoms with Crippen LogP contribution in [0.3, 0.4) is 0 Å². The molecular weight excluding hydrogens is 270 g/mol. The van der Waals surface area contributed by atoms with Gasteiger partial charge in [0.1, 0.15) is 11.3 Å². The van der Waals surface area contributed by atoms with Crippen molar-refractivity contribution in [1.29, 1.82) is 0 Å². The normalized spacial score (nSPS) is 10.8. The van der Waals surface area contributed by atoms with Gasteiger partial charge in [-0.05, 0) is 42.8 Å². The summed E-state index contributed by atoms with van der Waals surface area (Å²) in [5, 5.41) is 17.3. The second-order valence-electron chi connectivity index (χ2n) is 4.63. The Hall–Kier alpha value is -2.89. The van der Waals surface area contributed by atoms with Crippen LogP contribution in [0.5, 0.6) is 5.75 Å². The van der Waals surface area contributed by atoms with E-state index in [9.17, 15) is 9.90 Å². The minimum absolute atomic E-state index is 0.143. The predicted octanol–water partition coefficient (Wildman–Crippen LogP) is 2.44. The summed E-state index contributed by atoms with van der Waals surface area (Å²) in [5.41, 5.74) is 2.97. The molecule has 0 bridgehead atoms. The summed E-state index contributed by atoms with van der Waals surface area (Å²) in [7, 11) is 1.61. The van der Waals surface area contributed by atoms with Crippen LogP contribution in [-0.4, -0.2) is 33.2 Å². The lowest BCUT2D eigenvalue weighted by atomic mass is 10.1. The molecule has 0 aliphatic carbocycles. The largest absolute Gasteiger partial charge is 0.497 e. The van der Waals surface area contributed by atoms with E-state index in [1.165, 1.54) is 6.07 Å². The van der Waals surface area contributed by atoms with Gasteiger partial charge in [-0.2, -0.15) is 0 Å². The van der Waals surface area contributed by atoms with Crippen molar-refractivity contribution in [3.63, 3.8) is 0 Å². The monoisotopic (exact) mass is 283 g/mol. The lowest BCUT2D eigenvalue weighted by Crippen LogP contribution is -2.00. The van der Waals surface area contributed by atoms with Crippen LogP contribution in [-0.2, 0) is 0 Å². The Morgan fingerprint density at radius 1 is 1.29 bits per heavy atom. The van der Waals surface area contributed by atoms with Gasteiger partial charge in [-0.15, -0.1) is 5.10 Å². The molecular formula is C15H13N3O3. The average Bonchev–Trinajstić information content (AvgIpc) is 2.90. The standard InChI is InChI=1S/C15H13N3O3/c1-9-8-10(21-2)6-7-12(9)18-13-5-3-4-11(15(19)20)14(13)16-17-18/h3-8H,1-2H3,(H,19,20). The van der Waals surface area contributed by atoms with Crippen molar-refractivity contribution in [1.82, 2.24) is 15.0 Å². The number of aromatic nitrogens is 3. The van der Waals surface area contributed by atoms with Crippen molar-refractivity contribution in [3.8, 4) is 11.4 Å². The first kappa shape index (κ1) is 13.1. The fourth-order valence-electron chi connectivity index (χ4n) is 2.29. The van der Waals surface area contributed by atoms with Gasteiger partial charge in [-0.1, -0.05) is 11.3 Å². The van der Waals surface area contributed by atoms with Crippen molar-refractivity contribution in [2.75, 3.05) is 7.11 Å². The lowest BCUT2D eigenvalue weighted by molar-refractivity contribution is 0.0699. The van der Waals surface area contributed by atoms with E-state index in [-0.39, 0.29) is 5.56 Å². The van der Waals surface area contributed by atoms with E-state index in [1.807, 2.05) is 25.1 Å². The Balaban J connectivity index is 2.22. The van der Waals surface area contributed by atoms with Crippen LogP contribution in [0.15, 0.2) is 36.4 Å². The molecule has 2 aromatic carbocycles. The van der Waals surface area contributed by atoms with Crippen molar-refractivity contribution in [2.45, 2.75) is 6.92 Å². The van der Waals surface area contributed by atoms with E-state index in [2.05, 4.69) is 10.3 Å². The number of carboxylic acids is 1. The minimum Gasteiger partial charge on any atom is -0.497 e. The predicted molar refractivity (Wildman–Crippen MR) is 77.1 cm³/mol. The van der Waals surface area contributed by atoms with Gasteiger partial charge >= 0.3 is 5.97 Å². The van der Waals surface area contributed by atoms with Crippen LogP contribution in [0.2, 0.25) is 0 Å². The highest BCUT2D eigenvalue weighted by atomic mass is 16.5. The van der Waals surface area contributed by atoms with Crippen molar-refractivity contribution in [3.05, 3.63) is 47.5 Å². The highest BCUT2D eigenvalue weighted by Gasteiger charge is 2.15. The smallest absolute Gasteiger partial charge is 0.338 e. The molecule has 0 radical (unpaired) electrons. The number of fused-ring (bicyclic) bond motifs is 1. The van der Waals surface area contributed by atoms with Crippen LogP contribution in [0, 0.1) is 6.92 Å². The number of hydrogen-bond acceptors (Lipinski definition) is 4. The molecule has 1 aromatic heterocycles. The maximum Gasteiger partial charge on any atom is 0.338 e. The number of rotatable bonds is 3. The molecule has 1 heterocycles. The van der Waals surface area contributed by atoms with Gasteiger partial charge in [-0.25, -0.2) is 9.48 Å². The Bertz CT molecular complexity index is 839. The van der Waals surface area contributed by atoms with Gasteiger partial charge in [0.2, 0.25) is 0 Å². The van der Waals surface area contributed by atoms with Gasteiger partial charge in [-0.3, -0.25) is 0 Å². The fraction of sp³-hybridized carbons (Fsp3) is 0.133. The molecule has 0 saturated carbocycles. The van der Waals surface area contributed by atoms with E-state index >= 15 is 0 Å². The molecule has 3 rings (SSSR count). The van der Waals surface area contributed by atoms with E-state index in [0.29, 0.717) is 11.0 Å². The van der Waals surface area contributed by atoms with Crippen molar-refractivity contribution in [2.24, 2.45) is 0 Å². The van der Waals surface area contributed by atoms with Crippen LogP contribution >= 0.6 is 0 Å². The van der Waals surface area contributed by atoms with Crippen LogP contribution < -0.4 is 4.74 Å². The first-order chi connectivity index (χ1) is 10.1. The van der Waals surface area contributed by atoms with E-state index in [4.69, 9.17) is 4.74 Å². The van der Waals surface area contributed by atoms with E-state index in [1.54, 1.807) is 23.9 Å². The van der Waals surface area contributed by atoms with E-state index < -0.39 is 5.97 Å². The number of carbonyl (C=O) groups is 1. The number of aromatic carboxylic acids is 1. The maximum absolute atomic E-state index is 11.2. The fourth-order valence-corrected chi connectivity index (χ4v) is 2.29. The summed E-state index contributed by atoms with van der Waals surface area (Å²) in [4.78, 5) is 11.2. The maximum atomic E-state index is 11.2. The Labute approximate surface area is 120 Å². The van der Waals surface area contributed by atoms with Crippen molar-refractivity contribution >= 4 is 17.0 Å². The third-order valence-corrected chi connectivity index (χ3v) is 3.34. The molecule has 0 spiro atoms. The molecule has 0 fully saturated rings. The second-order valence-corrected chi connectivity index (χ2v) is 4.63. The molecule has 0 amide bonds. The molecule has 0 atom stereocenters. The van der Waals surface area contributed by atoms with Gasteiger partial charge in [0.15, 0.2) is 0 Å². The lowest BCUT2D eigenvalue weighted by Gasteiger charge is -2.08. The zero-order valence-electron chi connectivity index (χ0n) is 11.6. The average molecular weight is 283 g/mol. The summed E-state index contributed by atoms with van der Waals surface area (Å²) in [6.07, 6.45) is 0. The number of benzene rings is 2. The van der Waals surface area contributed by atoms with Crippen LogP contribution in [0.25, 0.3) is 16.7 Å². The number of carboxylic acid groups (broad SMARTS) is 1. The Kier molecular flexibility index (Phi) is 3.06. The molecule has 0 saturated heterocycles. The molecule has 0 aliphatic heterocycles. The van der Waals surface area contributed by atoms with Crippen molar-refractivity contribution < 1.29 is 14.6 Å². The number of hydrogen-bond donors (Lipinski definition) is 1. The Morgan fingerprint density at radius 2 is 2.10 bits per heavy atom. The van der Waals surface area contributed by atoms with Gasteiger partial charge in [0, 0.05) is 0 Å². The second kappa shape index (κ2) is 4.90. The van der Waals surface area contributed by atoms with Gasteiger partial charge < -0.3 is 9.84 Å². The third-order valence-electron chi connectivity index (χ3n) is 3.34. The molecule has 1 N–H and O–H groups in total. The molecule has 21 heavy (non-hydrogen) atoms. The quantitative estimate of drug-likeness (QED) is 0.798. The number of nitrogens with zero attached hydrogens (tertiary/aromatic N) is 3. The highest BCUT2D eigenvalue weighted by molar-refractivity contribution is 6.00. The summed E-state index contributed by atoms with van der Waals surface area (Å²) >= 11 is 0. The number of methoxy groups -OCH3 is 1. The molecule has 3 aromatic rings. The highest BCUT2D eigenvalue weighted by Crippen LogP contribution is 2.24. The van der Waals surface area contributed by atoms with Crippen LogP contribution in [0.4, 0.5) is 0 Å². The third kappa shape index (κ3) is 2.10. The van der Waals surface area contributed by atoms with Gasteiger partial charge in [0.05, 0.1) is 23.9 Å². The summed E-state index contributed by atoms with van der Waals surface area (Å²) < 4.78 is 6.82.